The molecule has 2 heterocycles. The van der Waals surface area contributed by atoms with Gasteiger partial charge in [0.05, 0.1) is 16.7 Å². The van der Waals surface area contributed by atoms with Gasteiger partial charge in [0.2, 0.25) is 5.91 Å². The van der Waals surface area contributed by atoms with Crippen LogP contribution in [-0.4, -0.2) is 26.2 Å². The number of fused-ring (bicyclic) bond motifs is 1. The molecule has 0 aliphatic heterocycles. The first-order valence-electron chi connectivity index (χ1n) is 10.4. The van der Waals surface area contributed by atoms with Crippen LogP contribution in [0.4, 0.5) is 5.69 Å². The number of rotatable bonds is 6. The minimum Gasteiger partial charge on any atom is -0.325 e. The van der Waals surface area contributed by atoms with Crippen LogP contribution < -0.4 is 10.9 Å². The number of pyridine rings is 1. The van der Waals surface area contributed by atoms with E-state index in [2.05, 4.69) is 29.1 Å². The molecule has 0 saturated carbocycles. The van der Waals surface area contributed by atoms with Gasteiger partial charge >= 0.3 is 0 Å². The van der Waals surface area contributed by atoms with Gasteiger partial charge in [-0.3, -0.25) is 9.59 Å². The van der Waals surface area contributed by atoms with Gasteiger partial charge in [0.1, 0.15) is 5.82 Å². The Kier molecular flexibility index (Phi) is 6.37. The number of nitrogens with zero attached hydrogens (tertiary/aromatic N) is 3. The highest BCUT2D eigenvalue weighted by molar-refractivity contribution is 7.99. The summed E-state index contributed by atoms with van der Waals surface area (Å²) in [7, 11) is 0. The molecule has 0 radical (unpaired) electrons. The smallest absolute Gasteiger partial charge is 0.267 e. The molecule has 6 nitrogen and oxygen atoms in total. The average molecular weight is 445 g/mol. The van der Waals surface area contributed by atoms with Crippen LogP contribution in [0.3, 0.4) is 0 Å². The van der Waals surface area contributed by atoms with Gasteiger partial charge in [-0.05, 0) is 54.3 Å². The molecule has 2 aromatic heterocycles. The van der Waals surface area contributed by atoms with Crippen molar-refractivity contribution in [3.8, 4) is 5.82 Å². The van der Waals surface area contributed by atoms with Gasteiger partial charge in [-0.2, -0.15) is 0 Å². The van der Waals surface area contributed by atoms with Crippen LogP contribution in [0.15, 0.2) is 76.8 Å². The minimum atomic E-state index is -0.209. The van der Waals surface area contributed by atoms with Crippen molar-refractivity contribution in [1.82, 2.24) is 14.5 Å². The fourth-order valence-electron chi connectivity index (χ4n) is 3.28. The Morgan fingerprint density at radius 2 is 1.81 bits per heavy atom. The topological polar surface area (TPSA) is 76.9 Å². The molecule has 1 N–H and O–H groups in total. The van der Waals surface area contributed by atoms with E-state index in [-0.39, 0.29) is 17.2 Å². The quantitative estimate of drug-likeness (QED) is 0.337. The summed E-state index contributed by atoms with van der Waals surface area (Å²) in [6, 6.07) is 18.7. The van der Waals surface area contributed by atoms with E-state index in [1.54, 1.807) is 24.4 Å². The first-order chi connectivity index (χ1) is 15.4. The number of benzene rings is 2. The predicted molar refractivity (Wildman–Crippen MR) is 130 cm³/mol. The number of carbonyl (C=O) groups is 1. The largest absolute Gasteiger partial charge is 0.325 e. The van der Waals surface area contributed by atoms with Gasteiger partial charge in [-0.15, -0.1) is 0 Å². The van der Waals surface area contributed by atoms with Gasteiger partial charge < -0.3 is 5.32 Å². The Morgan fingerprint density at radius 3 is 2.50 bits per heavy atom. The predicted octanol–water partition coefficient (Wildman–Crippen LogP) is 4.94. The molecule has 0 atom stereocenters. The molecule has 32 heavy (non-hydrogen) atoms. The molecule has 162 valence electrons. The number of amides is 1. The molecule has 4 rings (SSSR count). The van der Waals surface area contributed by atoms with Crippen molar-refractivity contribution < 1.29 is 4.79 Å². The number of hydrogen-bond acceptors (Lipinski definition) is 5. The van der Waals surface area contributed by atoms with Crippen LogP contribution in [0.1, 0.15) is 30.9 Å². The number of aromatic nitrogens is 3. The Bertz CT molecular complexity index is 1310. The Labute approximate surface area is 190 Å². The zero-order chi connectivity index (χ0) is 22.7. The van der Waals surface area contributed by atoms with E-state index in [0.717, 1.165) is 11.3 Å². The molecule has 2 aromatic carbocycles. The highest BCUT2D eigenvalue weighted by Crippen LogP contribution is 2.22. The summed E-state index contributed by atoms with van der Waals surface area (Å²) in [5, 5.41) is 3.84. The van der Waals surface area contributed by atoms with Crippen molar-refractivity contribution in [2.24, 2.45) is 0 Å². The Balaban J connectivity index is 1.60. The summed E-state index contributed by atoms with van der Waals surface area (Å²) < 4.78 is 1.47. The first-order valence-corrected chi connectivity index (χ1v) is 11.4. The van der Waals surface area contributed by atoms with Crippen molar-refractivity contribution >= 4 is 34.3 Å². The summed E-state index contributed by atoms with van der Waals surface area (Å²) in [6.45, 7) is 6.19. The second-order valence-electron chi connectivity index (χ2n) is 7.86. The van der Waals surface area contributed by atoms with E-state index >= 15 is 0 Å². The molecule has 0 aliphatic rings. The fraction of sp³-hybridized carbons (Fsp3) is 0.200. The van der Waals surface area contributed by atoms with Crippen molar-refractivity contribution in [2.75, 3.05) is 11.1 Å². The second kappa shape index (κ2) is 9.36. The molecular weight excluding hydrogens is 420 g/mol. The third-order valence-corrected chi connectivity index (χ3v) is 6.00. The summed E-state index contributed by atoms with van der Waals surface area (Å²) >= 11 is 1.21. The van der Waals surface area contributed by atoms with Crippen LogP contribution >= 0.6 is 11.8 Å². The van der Waals surface area contributed by atoms with E-state index in [0.29, 0.717) is 27.8 Å². The molecule has 4 aromatic rings. The van der Waals surface area contributed by atoms with Crippen LogP contribution in [0.2, 0.25) is 0 Å². The molecular formula is C25H24N4O2S. The maximum Gasteiger partial charge on any atom is 0.267 e. The van der Waals surface area contributed by atoms with Crippen molar-refractivity contribution in [2.45, 2.75) is 31.8 Å². The van der Waals surface area contributed by atoms with Crippen LogP contribution in [-0.2, 0) is 4.79 Å². The number of aryl methyl sites for hydroxylation is 1. The monoisotopic (exact) mass is 444 g/mol. The van der Waals surface area contributed by atoms with Crippen molar-refractivity contribution in [3.63, 3.8) is 0 Å². The zero-order valence-electron chi connectivity index (χ0n) is 18.2. The highest BCUT2D eigenvalue weighted by atomic mass is 32.2. The van der Waals surface area contributed by atoms with E-state index in [1.807, 2.05) is 49.4 Å². The van der Waals surface area contributed by atoms with E-state index < -0.39 is 0 Å². The van der Waals surface area contributed by atoms with Crippen LogP contribution in [0, 0.1) is 6.92 Å². The van der Waals surface area contributed by atoms with E-state index in [9.17, 15) is 9.59 Å². The standard InChI is InChI=1S/C25H24N4O2S/c1-16(2)18-9-11-19(12-10-18)27-23(30)15-32-25-28-21-7-5-4-6-20(21)24(31)29(25)22-13-8-17(3)14-26-22/h4-14,16H,15H2,1-3H3,(H,27,30). The lowest BCUT2D eigenvalue weighted by Crippen LogP contribution is -2.23. The molecule has 0 bridgehead atoms. The molecule has 1 amide bonds. The van der Waals surface area contributed by atoms with Gasteiger partial charge in [0, 0.05) is 11.9 Å². The van der Waals surface area contributed by atoms with E-state index in [1.165, 1.54) is 21.9 Å². The summed E-state index contributed by atoms with van der Waals surface area (Å²) in [5.41, 5.74) is 3.33. The van der Waals surface area contributed by atoms with Crippen LogP contribution in [0.5, 0.6) is 0 Å². The maximum absolute atomic E-state index is 13.2. The Morgan fingerprint density at radius 1 is 1.06 bits per heavy atom. The molecule has 0 unspecified atom stereocenters. The number of hydrogen-bond donors (Lipinski definition) is 1. The maximum atomic E-state index is 13.2. The van der Waals surface area contributed by atoms with Gasteiger partial charge in [0.15, 0.2) is 5.16 Å². The normalized spacial score (nSPS) is 11.1. The lowest BCUT2D eigenvalue weighted by atomic mass is 10.0. The Hall–Kier alpha value is -3.45. The van der Waals surface area contributed by atoms with E-state index in [4.69, 9.17) is 0 Å². The average Bonchev–Trinajstić information content (AvgIpc) is 2.79. The minimum absolute atomic E-state index is 0.114. The third-order valence-electron chi connectivity index (χ3n) is 5.06. The van der Waals surface area contributed by atoms with Crippen LogP contribution in [0.25, 0.3) is 16.7 Å². The third kappa shape index (κ3) is 4.73. The molecule has 0 fully saturated rings. The number of anilines is 1. The highest BCUT2D eigenvalue weighted by Gasteiger charge is 2.15. The molecule has 0 aliphatic carbocycles. The van der Waals surface area contributed by atoms with Gasteiger partial charge in [-0.25, -0.2) is 14.5 Å². The second-order valence-corrected chi connectivity index (χ2v) is 8.80. The number of nitrogens with one attached hydrogen (secondary N) is 1. The first kappa shape index (κ1) is 21.8. The molecule has 0 saturated heterocycles. The molecule has 0 spiro atoms. The van der Waals surface area contributed by atoms with Gasteiger partial charge in [-0.1, -0.05) is 55.9 Å². The zero-order valence-corrected chi connectivity index (χ0v) is 19.0. The van der Waals surface area contributed by atoms with Crippen molar-refractivity contribution in [1.29, 1.82) is 0 Å². The fourth-order valence-corrected chi connectivity index (χ4v) is 4.08. The van der Waals surface area contributed by atoms with Gasteiger partial charge in [0.25, 0.3) is 5.56 Å². The SMILES string of the molecule is Cc1ccc(-n2c(SCC(=O)Nc3ccc(C(C)C)cc3)nc3ccccc3c2=O)nc1. The number of thioether (sulfide) groups is 1. The summed E-state index contributed by atoms with van der Waals surface area (Å²) in [5.74, 6) is 0.855. The number of para-hydroxylation sites is 1. The lowest BCUT2D eigenvalue weighted by Gasteiger charge is -2.13. The summed E-state index contributed by atoms with van der Waals surface area (Å²) in [6.07, 6.45) is 1.71. The summed E-state index contributed by atoms with van der Waals surface area (Å²) in [4.78, 5) is 34.9. The lowest BCUT2D eigenvalue weighted by molar-refractivity contribution is -0.113. The molecule has 7 heteroatoms. The number of carbonyl (C=O) groups excluding carboxylic acids is 1. The van der Waals surface area contributed by atoms with Crippen molar-refractivity contribution in [3.05, 3.63) is 88.3 Å².